The average Bonchev–Trinajstić information content (AvgIpc) is 3.30. The fourth-order valence-electron chi connectivity index (χ4n) is 5.18. The Bertz CT molecular complexity index is 1200. The van der Waals surface area contributed by atoms with Crippen LogP contribution in [0.1, 0.15) is 29.7 Å². The van der Waals surface area contributed by atoms with Crippen LogP contribution in [0.4, 0.5) is 4.79 Å². The standard InChI is InChI=1S/C27H33N3O5/c1-4-35-26-16-22-18(14-25(26)33-3)7-8-30(27(31)29-9-11-34-12-10-29)24(22)13-19-17-28-23-6-5-20(32-2)15-21(19)23/h5-6,14-17,24,28H,4,7-13H2,1-3H3. The van der Waals surface area contributed by atoms with Crippen molar-refractivity contribution in [1.29, 1.82) is 0 Å². The first kappa shape index (κ1) is 23.4. The van der Waals surface area contributed by atoms with E-state index in [4.69, 9.17) is 18.9 Å². The topological polar surface area (TPSA) is 76.3 Å². The number of carbonyl (C=O) groups excluding carboxylic acids is 1. The number of H-pyrrole nitrogens is 1. The van der Waals surface area contributed by atoms with Gasteiger partial charge in [-0.1, -0.05) is 0 Å². The number of nitrogens with one attached hydrogen (secondary N) is 1. The number of hydrogen-bond donors (Lipinski definition) is 1. The molecule has 2 amide bonds. The van der Waals surface area contributed by atoms with Gasteiger partial charge in [-0.3, -0.25) is 0 Å². The van der Waals surface area contributed by atoms with Gasteiger partial charge in [0.15, 0.2) is 11.5 Å². The third-order valence-corrected chi connectivity index (χ3v) is 7.00. The molecule has 0 saturated carbocycles. The monoisotopic (exact) mass is 479 g/mol. The van der Waals surface area contributed by atoms with E-state index in [1.54, 1.807) is 14.2 Å². The SMILES string of the molecule is CCOc1cc2c(cc1OC)CCN(C(=O)N1CCOCC1)C2Cc1c[nH]c2ccc(OC)cc12. The Kier molecular flexibility index (Phi) is 6.72. The Morgan fingerprint density at radius 1 is 1.09 bits per heavy atom. The Balaban J connectivity index is 1.57. The van der Waals surface area contributed by atoms with E-state index in [0.717, 1.165) is 39.9 Å². The molecule has 8 nitrogen and oxygen atoms in total. The van der Waals surface area contributed by atoms with Crippen molar-refractivity contribution in [3.8, 4) is 17.2 Å². The minimum Gasteiger partial charge on any atom is -0.497 e. The zero-order chi connectivity index (χ0) is 24.4. The predicted molar refractivity (Wildman–Crippen MR) is 134 cm³/mol. The summed E-state index contributed by atoms with van der Waals surface area (Å²) in [5.74, 6) is 2.25. The molecule has 8 heteroatoms. The van der Waals surface area contributed by atoms with Crippen LogP contribution in [-0.4, -0.2) is 74.5 Å². The third-order valence-electron chi connectivity index (χ3n) is 7.00. The van der Waals surface area contributed by atoms with Crippen LogP contribution in [0.25, 0.3) is 10.9 Å². The van der Waals surface area contributed by atoms with Gasteiger partial charge in [-0.2, -0.15) is 0 Å². The van der Waals surface area contributed by atoms with Gasteiger partial charge in [0, 0.05) is 36.7 Å². The van der Waals surface area contributed by atoms with Crippen molar-refractivity contribution in [1.82, 2.24) is 14.8 Å². The van der Waals surface area contributed by atoms with Gasteiger partial charge in [-0.15, -0.1) is 0 Å². The van der Waals surface area contributed by atoms with Crippen LogP contribution >= 0.6 is 0 Å². The van der Waals surface area contributed by atoms with Gasteiger partial charge in [-0.05, 0) is 66.8 Å². The van der Waals surface area contributed by atoms with Crippen molar-refractivity contribution in [2.24, 2.45) is 0 Å². The van der Waals surface area contributed by atoms with Crippen molar-refractivity contribution in [2.45, 2.75) is 25.8 Å². The van der Waals surface area contributed by atoms with Crippen LogP contribution < -0.4 is 14.2 Å². The highest BCUT2D eigenvalue weighted by molar-refractivity contribution is 5.85. The zero-order valence-corrected chi connectivity index (χ0v) is 20.6. The quantitative estimate of drug-likeness (QED) is 0.574. The molecular weight excluding hydrogens is 446 g/mol. The zero-order valence-electron chi connectivity index (χ0n) is 20.6. The molecule has 2 aliphatic heterocycles. The molecule has 0 spiro atoms. The average molecular weight is 480 g/mol. The van der Waals surface area contributed by atoms with Crippen molar-refractivity contribution >= 4 is 16.9 Å². The number of aromatic nitrogens is 1. The number of rotatable bonds is 6. The lowest BCUT2D eigenvalue weighted by atomic mass is 9.88. The van der Waals surface area contributed by atoms with Crippen LogP contribution in [-0.2, 0) is 17.6 Å². The molecule has 186 valence electrons. The summed E-state index contributed by atoms with van der Waals surface area (Å²) in [6.45, 7) is 5.54. The van der Waals surface area contributed by atoms with Crippen LogP contribution in [0.15, 0.2) is 36.5 Å². The second kappa shape index (κ2) is 10.1. The smallest absolute Gasteiger partial charge is 0.320 e. The Labute approximate surface area is 205 Å². The highest BCUT2D eigenvalue weighted by atomic mass is 16.5. The Hall–Kier alpha value is -3.39. The lowest BCUT2D eigenvalue weighted by Crippen LogP contribution is -2.51. The Morgan fingerprint density at radius 2 is 1.91 bits per heavy atom. The van der Waals surface area contributed by atoms with Gasteiger partial charge in [0.25, 0.3) is 0 Å². The summed E-state index contributed by atoms with van der Waals surface area (Å²) in [6.07, 6.45) is 3.49. The lowest BCUT2D eigenvalue weighted by molar-refractivity contribution is 0.0381. The molecule has 0 radical (unpaired) electrons. The number of hydrogen-bond acceptors (Lipinski definition) is 5. The Morgan fingerprint density at radius 3 is 2.66 bits per heavy atom. The summed E-state index contributed by atoms with van der Waals surface area (Å²) >= 11 is 0. The molecule has 5 rings (SSSR count). The molecule has 1 unspecified atom stereocenters. The number of carbonyl (C=O) groups is 1. The van der Waals surface area contributed by atoms with Gasteiger partial charge in [0.1, 0.15) is 5.75 Å². The van der Waals surface area contributed by atoms with E-state index in [1.807, 2.05) is 35.1 Å². The van der Waals surface area contributed by atoms with Crippen molar-refractivity contribution < 1.29 is 23.7 Å². The summed E-state index contributed by atoms with van der Waals surface area (Å²) in [5.41, 5.74) is 4.50. The van der Waals surface area contributed by atoms with Crippen LogP contribution in [0.5, 0.6) is 17.2 Å². The van der Waals surface area contributed by atoms with Crippen molar-refractivity contribution in [3.05, 3.63) is 53.2 Å². The minimum absolute atomic E-state index is 0.0650. The van der Waals surface area contributed by atoms with Gasteiger partial charge in [0.2, 0.25) is 0 Å². The van der Waals surface area contributed by atoms with E-state index in [0.29, 0.717) is 51.6 Å². The molecule has 0 aliphatic carbocycles. The van der Waals surface area contributed by atoms with Gasteiger partial charge < -0.3 is 33.7 Å². The molecule has 1 fully saturated rings. The van der Waals surface area contributed by atoms with E-state index in [2.05, 4.69) is 23.2 Å². The number of fused-ring (bicyclic) bond motifs is 2. The van der Waals surface area contributed by atoms with Crippen molar-refractivity contribution in [2.75, 3.05) is 53.7 Å². The first-order valence-electron chi connectivity index (χ1n) is 12.2. The molecular formula is C27H33N3O5. The van der Waals surface area contributed by atoms with E-state index >= 15 is 0 Å². The molecule has 2 aromatic carbocycles. The fourth-order valence-corrected chi connectivity index (χ4v) is 5.18. The van der Waals surface area contributed by atoms with E-state index < -0.39 is 0 Å². The van der Waals surface area contributed by atoms with Gasteiger partial charge in [-0.25, -0.2) is 4.79 Å². The number of methoxy groups -OCH3 is 2. The normalized spacial score (nSPS) is 17.9. The van der Waals surface area contributed by atoms with E-state index in [9.17, 15) is 4.79 Å². The summed E-state index contributed by atoms with van der Waals surface area (Å²) < 4.78 is 22.5. The van der Waals surface area contributed by atoms with E-state index in [-0.39, 0.29) is 12.1 Å². The summed E-state index contributed by atoms with van der Waals surface area (Å²) in [5, 5.41) is 1.11. The lowest BCUT2D eigenvalue weighted by Gasteiger charge is -2.41. The van der Waals surface area contributed by atoms with Crippen LogP contribution in [0, 0.1) is 0 Å². The van der Waals surface area contributed by atoms with Crippen LogP contribution in [0.2, 0.25) is 0 Å². The molecule has 1 atom stereocenters. The number of ether oxygens (including phenoxy) is 4. The minimum atomic E-state index is -0.135. The first-order chi connectivity index (χ1) is 17.1. The number of aromatic amines is 1. The maximum Gasteiger partial charge on any atom is 0.320 e. The molecule has 1 N–H and O–H groups in total. The van der Waals surface area contributed by atoms with Crippen molar-refractivity contribution in [3.63, 3.8) is 0 Å². The van der Waals surface area contributed by atoms with E-state index in [1.165, 1.54) is 5.56 Å². The van der Waals surface area contributed by atoms with Crippen LogP contribution in [0.3, 0.4) is 0 Å². The highest BCUT2D eigenvalue weighted by Gasteiger charge is 2.35. The molecule has 1 aromatic heterocycles. The molecule has 0 bridgehead atoms. The predicted octanol–water partition coefficient (Wildman–Crippen LogP) is 4.18. The summed E-state index contributed by atoms with van der Waals surface area (Å²) in [4.78, 5) is 21.0. The second-order valence-electron chi connectivity index (χ2n) is 8.91. The maximum absolute atomic E-state index is 13.7. The first-order valence-corrected chi connectivity index (χ1v) is 12.2. The molecule has 35 heavy (non-hydrogen) atoms. The van der Waals surface area contributed by atoms with Gasteiger partial charge >= 0.3 is 6.03 Å². The number of urea groups is 1. The number of nitrogens with zero attached hydrogens (tertiary/aromatic N) is 2. The summed E-state index contributed by atoms with van der Waals surface area (Å²) in [7, 11) is 3.34. The molecule has 3 heterocycles. The largest absolute Gasteiger partial charge is 0.497 e. The summed E-state index contributed by atoms with van der Waals surface area (Å²) in [6, 6.07) is 10.1. The fraction of sp³-hybridized carbons (Fsp3) is 0.444. The molecule has 1 saturated heterocycles. The second-order valence-corrected chi connectivity index (χ2v) is 8.91. The molecule has 3 aromatic rings. The third kappa shape index (κ3) is 4.50. The number of benzene rings is 2. The maximum atomic E-state index is 13.7. The van der Waals surface area contributed by atoms with Gasteiger partial charge in [0.05, 0.1) is 40.1 Å². The molecule has 2 aliphatic rings. The highest BCUT2D eigenvalue weighted by Crippen LogP contribution is 2.41. The number of morpholine rings is 1. The number of amides is 2.